The molecule has 114 valence electrons. The van der Waals surface area contributed by atoms with Crippen LogP contribution in [-0.4, -0.2) is 24.3 Å². The maximum Gasteiger partial charge on any atom is 0.244 e. The molecule has 0 unspecified atom stereocenters. The number of benzene rings is 2. The molecule has 0 aliphatic rings. The van der Waals surface area contributed by atoms with E-state index in [0.717, 1.165) is 5.56 Å². The first kappa shape index (κ1) is 15.9. The summed E-state index contributed by atoms with van der Waals surface area (Å²) in [5.74, 6) is -0.103. The van der Waals surface area contributed by atoms with Gasteiger partial charge in [0.1, 0.15) is 0 Å². The smallest absolute Gasteiger partial charge is 0.244 e. The number of nitrogens with zero attached hydrogens (tertiary/aromatic N) is 1. The van der Waals surface area contributed by atoms with Gasteiger partial charge in [-0.25, -0.2) is 5.43 Å². The maximum atomic E-state index is 11.7. The number of carbonyl (C=O) groups excluding carboxylic acids is 1. The molecular formula is C16H15ClN2O3. The molecule has 0 fully saturated rings. The zero-order valence-electron chi connectivity index (χ0n) is 11.9. The van der Waals surface area contributed by atoms with Crippen LogP contribution in [0.4, 0.5) is 0 Å². The Hall–Kier alpha value is -2.53. The molecule has 0 saturated heterocycles. The molecule has 0 spiro atoms. The largest absolute Gasteiger partial charge is 0.504 e. The predicted molar refractivity (Wildman–Crippen MR) is 85.6 cm³/mol. The topological polar surface area (TPSA) is 70.9 Å². The van der Waals surface area contributed by atoms with Gasteiger partial charge in [0.05, 0.1) is 19.7 Å². The second kappa shape index (κ2) is 7.47. The molecule has 0 bridgehead atoms. The van der Waals surface area contributed by atoms with E-state index in [1.54, 1.807) is 0 Å². The molecule has 0 aromatic heterocycles. The molecule has 0 atom stereocenters. The molecular weight excluding hydrogens is 304 g/mol. The summed E-state index contributed by atoms with van der Waals surface area (Å²) in [6.07, 6.45) is 1.54. The molecule has 0 heterocycles. The number of hydrogen-bond acceptors (Lipinski definition) is 4. The molecule has 1 amide bonds. The van der Waals surface area contributed by atoms with Crippen LogP contribution in [0.2, 0.25) is 5.02 Å². The number of amides is 1. The summed E-state index contributed by atoms with van der Waals surface area (Å²) in [6, 6.07) is 12.3. The number of halogens is 1. The molecule has 0 aliphatic heterocycles. The van der Waals surface area contributed by atoms with Crippen LogP contribution < -0.4 is 10.2 Å². The van der Waals surface area contributed by atoms with Crippen molar-refractivity contribution in [3.8, 4) is 11.5 Å². The van der Waals surface area contributed by atoms with Gasteiger partial charge < -0.3 is 9.84 Å². The number of hydrogen-bond donors (Lipinski definition) is 2. The van der Waals surface area contributed by atoms with Crippen LogP contribution in [0.1, 0.15) is 11.1 Å². The minimum atomic E-state index is -0.254. The molecule has 0 saturated carbocycles. The highest BCUT2D eigenvalue weighted by molar-refractivity contribution is 6.31. The number of nitrogens with one attached hydrogen (secondary N) is 1. The second-order valence-electron chi connectivity index (χ2n) is 4.50. The molecule has 22 heavy (non-hydrogen) atoms. The highest BCUT2D eigenvalue weighted by atomic mass is 35.5. The van der Waals surface area contributed by atoms with Crippen molar-refractivity contribution in [1.29, 1.82) is 0 Å². The monoisotopic (exact) mass is 318 g/mol. The highest BCUT2D eigenvalue weighted by Crippen LogP contribution is 2.32. The van der Waals surface area contributed by atoms with Crippen LogP contribution in [0.3, 0.4) is 0 Å². The zero-order chi connectivity index (χ0) is 15.9. The standard InChI is InChI=1S/C16H15ClN2O3/c1-22-14-9-13(17)8-12(16(14)21)10-18-19-15(20)7-11-5-3-2-4-6-11/h2-6,8-10,21H,7H2,1H3,(H,19,20)/b18-10-. The number of carbonyl (C=O) groups is 1. The van der Waals surface area contributed by atoms with Crippen LogP contribution in [0.15, 0.2) is 47.6 Å². The molecule has 2 N–H and O–H groups in total. The summed E-state index contributed by atoms with van der Waals surface area (Å²) >= 11 is 5.91. The maximum absolute atomic E-state index is 11.7. The lowest BCUT2D eigenvalue weighted by Crippen LogP contribution is -2.19. The van der Waals surface area contributed by atoms with E-state index in [1.807, 2.05) is 30.3 Å². The Bertz CT molecular complexity index is 687. The summed E-state index contributed by atoms with van der Waals surface area (Å²) in [5.41, 5.74) is 3.64. The van der Waals surface area contributed by atoms with Crippen molar-refractivity contribution in [3.63, 3.8) is 0 Å². The minimum absolute atomic E-state index is 0.0899. The molecule has 5 nitrogen and oxygen atoms in total. The molecule has 0 aliphatic carbocycles. The SMILES string of the molecule is COc1cc(Cl)cc(/C=N\NC(=O)Cc2ccccc2)c1O. The van der Waals surface area contributed by atoms with Crippen molar-refractivity contribution >= 4 is 23.7 Å². The van der Waals surface area contributed by atoms with E-state index in [2.05, 4.69) is 10.5 Å². The average Bonchev–Trinajstić information content (AvgIpc) is 2.51. The number of hydrazone groups is 1. The molecule has 6 heteroatoms. The molecule has 2 aromatic rings. The lowest BCUT2D eigenvalue weighted by atomic mass is 10.1. The van der Waals surface area contributed by atoms with Crippen LogP contribution in [0.5, 0.6) is 11.5 Å². The first-order valence-corrected chi connectivity index (χ1v) is 6.90. The Labute approximate surface area is 133 Å². The number of rotatable bonds is 5. The summed E-state index contributed by atoms with van der Waals surface area (Å²) in [4.78, 5) is 11.7. The van der Waals surface area contributed by atoms with Crippen molar-refractivity contribution in [2.45, 2.75) is 6.42 Å². The van der Waals surface area contributed by atoms with Crippen LogP contribution in [-0.2, 0) is 11.2 Å². The van der Waals surface area contributed by atoms with Gasteiger partial charge in [0, 0.05) is 16.7 Å². The third kappa shape index (κ3) is 4.23. The Morgan fingerprint density at radius 3 is 2.77 bits per heavy atom. The summed E-state index contributed by atoms with van der Waals surface area (Å²) in [7, 11) is 1.42. The number of phenols is 1. The second-order valence-corrected chi connectivity index (χ2v) is 4.94. The Kier molecular flexibility index (Phi) is 5.38. The van der Waals surface area contributed by atoms with Crippen molar-refractivity contribution in [3.05, 3.63) is 58.6 Å². The third-order valence-electron chi connectivity index (χ3n) is 2.89. The van der Waals surface area contributed by atoms with Crippen LogP contribution in [0, 0.1) is 0 Å². The Morgan fingerprint density at radius 2 is 2.09 bits per heavy atom. The quantitative estimate of drug-likeness (QED) is 0.658. The van der Waals surface area contributed by atoms with E-state index in [0.29, 0.717) is 10.6 Å². The van der Waals surface area contributed by atoms with Gasteiger partial charge in [-0.3, -0.25) is 4.79 Å². The van der Waals surface area contributed by atoms with Crippen molar-refractivity contribution in [1.82, 2.24) is 5.43 Å². The van der Waals surface area contributed by atoms with E-state index >= 15 is 0 Å². The lowest BCUT2D eigenvalue weighted by Gasteiger charge is -2.06. The molecule has 0 radical (unpaired) electrons. The van der Waals surface area contributed by atoms with Gasteiger partial charge in [-0.05, 0) is 11.6 Å². The van der Waals surface area contributed by atoms with Gasteiger partial charge in [-0.1, -0.05) is 41.9 Å². The van der Waals surface area contributed by atoms with E-state index in [1.165, 1.54) is 25.5 Å². The first-order chi connectivity index (χ1) is 10.6. The van der Waals surface area contributed by atoms with Gasteiger partial charge in [-0.2, -0.15) is 5.10 Å². The van der Waals surface area contributed by atoms with Gasteiger partial charge >= 0.3 is 0 Å². The Balaban J connectivity index is 2.01. The van der Waals surface area contributed by atoms with E-state index in [9.17, 15) is 9.90 Å². The fraction of sp³-hybridized carbons (Fsp3) is 0.125. The predicted octanol–water partition coefficient (Wildman–Crippen LogP) is 2.75. The summed E-state index contributed by atoms with van der Waals surface area (Å²) in [6.45, 7) is 0. The normalized spacial score (nSPS) is 10.6. The van der Waals surface area contributed by atoms with Crippen LogP contribution in [0.25, 0.3) is 0 Å². The first-order valence-electron chi connectivity index (χ1n) is 6.52. The fourth-order valence-electron chi connectivity index (χ4n) is 1.84. The highest BCUT2D eigenvalue weighted by Gasteiger charge is 2.08. The van der Waals surface area contributed by atoms with Gasteiger partial charge in [0.15, 0.2) is 11.5 Å². The minimum Gasteiger partial charge on any atom is -0.504 e. The molecule has 2 rings (SSSR count). The summed E-state index contributed by atoms with van der Waals surface area (Å²) < 4.78 is 4.99. The van der Waals surface area contributed by atoms with Crippen molar-refractivity contribution in [2.24, 2.45) is 5.10 Å². The van der Waals surface area contributed by atoms with E-state index in [4.69, 9.17) is 16.3 Å². The van der Waals surface area contributed by atoms with Gasteiger partial charge in [0.2, 0.25) is 5.91 Å². The molecule has 2 aromatic carbocycles. The van der Waals surface area contributed by atoms with E-state index < -0.39 is 0 Å². The van der Waals surface area contributed by atoms with Crippen LogP contribution >= 0.6 is 11.6 Å². The summed E-state index contributed by atoms with van der Waals surface area (Å²) in [5, 5.41) is 14.1. The van der Waals surface area contributed by atoms with Gasteiger partial charge in [-0.15, -0.1) is 0 Å². The third-order valence-corrected chi connectivity index (χ3v) is 3.11. The average molecular weight is 319 g/mol. The number of aromatic hydroxyl groups is 1. The van der Waals surface area contributed by atoms with E-state index in [-0.39, 0.29) is 23.8 Å². The number of methoxy groups -OCH3 is 1. The van der Waals surface area contributed by atoms with Crippen molar-refractivity contribution < 1.29 is 14.6 Å². The Morgan fingerprint density at radius 1 is 1.36 bits per heavy atom. The van der Waals surface area contributed by atoms with Gasteiger partial charge in [0.25, 0.3) is 0 Å². The van der Waals surface area contributed by atoms with Crippen molar-refractivity contribution in [2.75, 3.05) is 7.11 Å². The lowest BCUT2D eigenvalue weighted by molar-refractivity contribution is -0.120. The number of ether oxygens (including phenoxy) is 1. The fourth-order valence-corrected chi connectivity index (χ4v) is 2.06. The zero-order valence-corrected chi connectivity index (χ0v) is 12.7. The number of phenolic OH excluding ortho intramolecular Hbond substituents is 1.